The van der Waals surface area contributed by atoms with Gasteiger partial charge in [0.1, 0.15) is 0 Å². The first kappa shape index (κ1) is 43.2. The van der Waals surface area contributed by atoms with Crippen molar-refractivity contribution in [2.45, 2.75) is 180 Å². The highest BCUT2D eigenvalue weighted by molar-refractivity contribution is 7.25. The van der Waals surface area contributed by atoms with Crippen molar-refractivity contribution in [2.75, 3.05) is 9.71 Å². The van der Waals surface area contributed by atoms with E-state index >= 15 is 0 Å². The van der Waals surface area contributed by atoms with Crippen LogP contribution >= 0.6 is 11.3 Å². The Morgan fingerprint density at radius 3 is 2.04 bits per heavy atom. The van der Waals surface area contributed by atoms with Crippen LogP contribution in [-0.2, 0) is 34.5 Å². The second kappa shape index (κ2) is 14.4. The fraction of sp³-hybridized carbons (Fsp3) is 0.438. The highest BCUT2D eigenvalue weighted by Crippen LogP contribution is 2.66. The zero-order chi connectivity index (χ0) is 47.0. The molecule has 1 fully saturated rings. The number of thiophene rings is 1. The molecule has 4 heterocycles. The number of aryl methyl sites for hydroxylation is 3. The van der Waals surface area contributed by atoms with Gasteiger partial charge in [0.15, 0.2) is 0 Å². The summed E-state index contributed by atoms with van der Waals surface area (Å²) in [5.74, 6) is 0. The number of anilines is 4. The van der Waals surface area contributed by atoms with Crippen LogP contribution in [0.3, 0.4) is 0 Å². The molecule has 3 aliphatic carbocycles. The van der Waals surface area contributed by atoms with E-state index in [0.717, 1.165) is 12.8 Å². The van der Waals surface area contributed by atoms with Gasteiger partial charge in [0, 0.05) is 64.9 Å². The Labute approximate surface area is 411 Å². The summed E-state index contributed by atoms with van der Waals surface area (Å²) in [4.78, 5) is 5.96. The summed E-state index contributed by atoms with van der Waals surface area (Å²) in [5, 5.41) is 2.83. The fourth-order valence-corrected chi connectivity index (χ4v) is 16.3. The topological polar surface area (TPSA) is 6.48 Å². The number of hydrogen-bond donors (Lipinski definition) is 0. The van der Waals surface area contributed by atoms with Crippen LogP contribution in [0, 0.1) is 6.92 Å². The number of hydrogen-bond acceptors (Lipinski definition) is 3. The molecule has 3 aliphatic heterocycles. The first-order valence-electron chi connectivity index (χ1n) is 26.8. The number of rotatable bonds is 7. The van der Waals surface area contributed by atoms with Crippen molar-refractivity contribution in [3.05, 3.63) is 129 Å². The molecular formula is C64H71BN2S. The van der Waals surface area contributed by atoms with Crippen LogP contribution in [0.2, 0.25) is 0 Å². The highest BCUT2D eigenvalue weighted by Gasteiger charge is 2.63. The summed E-state index contributed by atoms with van der Waals surface area (Å²) < 4.78 is 2.80. The van der Waals surface area contributed by atoms with Gasteiger partial charge in [0.05, 0.1) is 5.54 Å². The lowest BCUT2D eigenvalue weighted by Gasteiger charge is -2.54. The van der Waals surface area contributed by atoms with Crippen molar-refractivity contribution >= 4 is 72.0 Å². The highest BCUT2D eigenvalue weighted by atomic mass is 32.1. The lowest BCUT2D eigenvalue weighted by molar-refractivity contribution is 0.195. The second-order valence-electron chi connectivity index (χ2n) is 24.7. The van der Waals surface area contributed by atoms with Crippen molar-refractivity contribution < 1.29 is 0 Å². The van der Waals surface area contributed by atoms with Crippen LogP contribution in [0.15, 0.2) is 84.9 Å². The molecule has 1 aromatic heterocycles. The van der Waals surface area contributed by atoms with Crippen LogP contribution in [-0.4, -0.2) is 12.4 Å². The summed E-state index contributed by atoms with van der Waals surface area (Å²) in [7, 11) is 0. The summed E-state index contributed by atoms with van der Waals surface area (Å²) >= 11 is 2.00. The van der Waals surface area contributed by atoms with E-state index in [2.05, 4.69) is 171 Å². The molecule has 346 valence electrons. The van der Waals surface area contributed by atoms with Gasteiger partial charge in [-0.3, -0.25) is 0 Å². The van der Waals surface area contributed by atoms with E-state index < -0.39 is 0 Å². The van der Waals surface area contributed by atoms with Gasteiger partial charge in [-0.1, -0.05) is 137 Å². The van der Waals surface area contributed by atoms with Crippen LogP contribution < -0.4 is 20.6 Å². The monoisotopic (exact) mass is 911 g/mol. The fourth-order valence-electron chi connectivity index (χ4n) is 15.2. The molecule has 0 amide bonds. The molecule has 0 saturated heterocycles. The number of unbranched alkanes of at least 4 members (excludes halogenated alkanes) is 2. The molecule has 4 heteroatoms. The molecule has 13 rings (SSSR count). The Kier molecular flexibility index (Phi) is 9.16. The molecule has 7 aromatic rings. The number of nitrogens with zero attached hydrogens (tertiary/aromatic N) is 2. The van der Waals surface area contributed by atoms with E-state index in [0.29, 0.717) is 0 Å². The molecule has 0 spiro atoms. The molecule has 0 bridgehead atoms. The van der Waals surface area contributed by atoms with Gasteiger partial charge in [0.2, 0.25) is 0 Å². The van der Waals surface area contributed by atoms with E-state index in [4.69, 9.17) is 0 Å². The lowest BCUT2D eigenvalue weighted by Crippen LogP contribution is -2.65. The summed E-state index contributed by atoms with van der Waals surface area (Å²) in [6.07, 6.45) is 14.5. The van der Waals surface area contributed by atoms with Gasteiger partial charge in [-0.05, 0) is 179 Å². The Balaban J connectivity index is 1.21. The molecule has 0 N–H and O–H groups in total. The average molecular weight is 911 g/mol. The molecule has 2 atom stereocenters. The first-order chi connectivity index (χ1) is 32.5. The zero-order valence-corrected chi connectivity index (χ0v) is 43.8. The Bertz CT molecular complexity index is 3330. The van der Waals surface area contributed by atoms with Crippen LogP contribution in [0.5, 0.6) is 0 Å². The van der Waals surface area contributed by atoms with E-state index in [1.807, 2.05) is 11.3 Å². The number of fused-ring (bicyclic) bond motifs is 15. The third-order valence-electron chi connectivity index (χ3n) is 19.5. The maximum atomic E-state index is 3.02. The van der Waals surface area contributed by atoms with Crippen molar-refractivity contribution in [1.82, 2.24) is 0 Å². The Morgan fingerprint density at radius 1 is 0.574 bits per heavy atom. The van der Waals surface area contributed by atoms with Crippen molar-refractivity contribution in [1.29, 1.82) is 0 Å². The summed E-state index contributed by atoms with van der Waals surface area (Å²) in [6.45, 7) is 27.5. The molecule has 6 aromatic carbocycles. The predicted octanol–water partition coefficient (Wildman–Crippen LogP) is 16.7. The van der Waals surface area contributed by atoms with Gasteiger partial charge in [-0.25, -0.2) is 0 Å². The zero-order valence-electron chi connectivity index (χ0n) is 42.9. The van der Waals surface area contributed by atoms with E-state index in [9.17, 15) is 0 Å². The minimum atomic E-state index is -0.141. The van der Waals surface area contributed by atoms with Crippen LogP contribution in [0.1, 0.15) is 178 Å². The SMILES string of the molecule is CCCCc1cc2c3c(c1)C1(C)CCCCC1(C)N3c1c3c(cc4c1-c1ccccc1C4(C)C)-c1cc4sc5ccc(CCCC)cc5c4cc1N(c1cc4c(cc1C)C(C)(C)CCC4(C)C)B23. The predicted molar refractivity (Wildman–Crippen MR) is 296 cm³/mol. The Morgan fingerprint density at radius 2 is 1.28 bits per heavy atom. The largest absolute Gasteiger partial charge is 0.376 e. The molecule has 68 heavy (non-hydrogen) atoms. The molecule has 2 unspecified atom stereocenters. The van der Waals surface area contributed by atoms with Gasteiger partial charge in [-0.2, -0.15) is 0 Å². The average Bonchev–Trinajstić information content (AvgIpc) is 3.87. The van der Waals surface area contributed by atoms with Crippen LogP contribution in [0.4, 0.5) is 22.7 Å². The second-order valence-corrected chi connectivity index (χ2v) is 25.8. The smallest absolute Gasteiger partial charge is 0.333 e. The minimum absolute atomic E-state index is 0.00605. The molecule has 6 aliphatic rings. The van der Waals surface area contributed by atoms with Crippen molar-refractivity contribution in [2.24, 2.45) is 0 Å². The van der Waals surface area contributed by atoms with Gasteiger partial charge < -0.3 is 9.71 Å². The quantitative estimate of drug-likeness (QED) is 0.147. The van der Waals surface area contributed by atoms with Crippen molar-refractivity contribution in [3.8, 4) is 22.3 Å². The standard InChI is InChI=1S/C64H71BN2S/c1-12-14-20-39-24-25-54-43(31-39)44-35-53-42(36-55(44)68-54)45-34-49-56(41-22-16-17-23-46(41)62(49,8)9)59-57(45)65(67(53)52-37-48-47(30-38(52)3)60(4,5)28-29-61(48,6)7)51-33-40(21-15-13-2)32-50-58(51)66(59)64(11)27-19-18-26-63(50,64)10/h16-17,22-25,30-37H,12-15,18-21,26-29H2,1-11H3. The van der Waals surface area contributed by atoms with E-state index in [1.165, 1.54) is 168 Å². The maximum absolute atomic E-state index is 3.02. The van der Waals surface area contributed by atoms with Gasteiger partial charge in [0.25, 0.3) is 0 Å². The van der Waals surface area contributed by atoms with Gasteiger partial charge >= 0.3 is 6.85 Å². The van der Waals surface area contributed by atoms with Gasteiger partial charge in [-0.15, -0.1) is 11.3 Å². The molecule has 1 saturated carbocycles. The molecule has 2 nitrogen and oxygen atoms in total. The van der Waals surface area contributed by atoms with E-state index in [-0.39, 0.29) is 34.0 Å². The van der Waals surface area contributed by atoms with E-state index in [1.54, 1.807) is 16.7 Å². The number of benzene rings is 6. The van der Waals surface area contributed by atoms with Crippen molar-refractivity contribution in [3.63, 3.8) is 0 Å². The summed E-state index contributed by atoms with van der Waals surface area (Å²) in [6, 6.07) is 35.7. The maximum Gasteiger partial charge on any atom is 0.333 e. The molecular weight excluding hydrogens is 840 g/mol. The third-order valence-corrected chi connectivity index (χ3v) is 20.6. The Hall–Kier alpha value is -4.80. The molecule has 0 radical (unpaired) electrons. The van der Waals surface area contributed by atoms with Crippen LogP contribution in [0.25, 0.3) is 42.4 Å². The first-order valence-corrected chi connectivity index (χ1v) is 27.6. The lowest BCUT2D eigenvalue weighted by atomic mass is 9.42. The minimum Gasteiger partial charge on any atom is -0.376 e. The third kappa shape index (κ3) is 5.53. The summed E-state index contributed by atoms with van der Waals surface area (Å²) in [5.41, 5.74) is 26.7. The normalized spacial score (nSPS) is 22.7.